The maximum Gasteiger partial charge on any atom is 0.246 e. The second-order valence-electron chi connectivity index (χ2n) is 11.6. The molecule has 0 bridgehead atoms. The van der Waals surface area contributed by atoms with Crippen molar-refractivity contribution in [3.05, 3.63) is 35.4 Å². The minimum atomic E-state index is -0.832. The van der Waals surface area contributed by atoms with Crippen molar-refractivity contribution < 1.29 is 14.7 Å². The van der Waals surface area contributed by atoms with Crippen molar-refractivity contribution in [2.45, 2.75) is 115 Å². The van der Waals surface area contributed by atoms with Gasteiger partial charge in [0.25, 0.3) is 0 Å². The van der Waals surface area contributed by atoms with E-state index in [1.165, 1.54) is 11.1 Å². The Morgan fingerprint density at radius 2 is 1.69 bits per heavy atom. The molecule has 4 rings (SSSR count). The molecule has 1 aromatic carbocycles. The highest BCUT2D eigenvalue weighted by molar-refractivity contribution is 6.00. The molecule has 2 N–H and O–H groups in total. The van der Waals surface area contributed by atoms with E-state index in [-0.39, 0.29) is 11.8 Å². The maximum atomic E-state index is 13.7. The second-order valence-corrected chi connectivity index (χ2v) is 11.6. The van der Waals surface area contributed by atoms with Gasteiger partial charge >= 0.3 is 0 Å². The molecule has 1 saturated carbocycles. The molecule has 3 fully saturated rings. The molecule has 2 heterocycles. The lowest BCUT2D eigenvalue weighted by molar-refractivity contribution is -0.163. The van der Waals surface area contributed by atoms with Crippen LogP contribution in [0.2, 0.25) is 0 Å². The van der Waals surface area contributed by atoms with E-state index in [1.807, 2.05) is 4.90 Å². The van der Waals surface area contributed by atoms with Gasteiger partial charge < -0.3 is 15.3 Å². The number of rotatable bonds is 8. The number of carbonyl (C=O) groups excluding carboxylic acids is 2. The Labute approximate surface area is 211 Å². The first kappa shape index (κ1) is 26.2. The first-order chi connectivity index (χ1) is 16.8. The summed E-state index contributed by atoms with van der Waals surface area (Å²) in [6.07, 6.45) is 8.10. The number of aliphatic hydroxyl groups is 1. The monoisotopic (exact) mass is 483 g/mol. The molecule has 2 saturated heterocycles. The third kappa shape index (κ3) is 5.75. The molecule has 3 aliphatic rings. The summed E-state index contributed by atoms with van der Waals surface area (Å²) in [4.78, 5) is 31.6. The molecule has 2 amide bonds. The zero-order valence-corrected chi connectivity index (χ0v) is 22.0. The SMILES string of the molecule is CCCCN1C(=O)[C@@H](CC2(O)CCCCC2)NC(=O)C12CCN(Cc1ccc(C(C)C)cc1)CC2. The summed E-state index contributed by atoms with van der Waals surface area (Å²) in [7, 11) is 0. The number of hydrogen-bond acceptors (Lipinski definition) is 4. The predicted molar refractivity (Wildman–Crippen MR) is 139 cm³/mol. The third-order valence-corrected chi connectivity index (χ3v) is 8.65. The number of amides is 2. The number of likely N-dealkylation sites (tertiary alicyclic amines) is 1. The summed E-state index contributed by atoms with van der Waals surface area (Å²) in [5, 5.41) is 14.2. The number of nitrogens with one attached hydrogen (secondary N) is 1. The van der Waals surface area contributed by atoms with Gasteiger partial charge in [0, 0.05) is 32.6 Å². The summed E-state index contributed by atoms with van der Waals surface area (Å²) < 4.78 is 0. The Hall–Kier alpha value is -1.92. The highest BCUT2D eigenvalue weighted by atomic mass is 16.3. The van der Waals surface area contributed by atoms with Crippen molar-refractivity contribution in [3.63, 3.8) is 0 Å². The van der Waals surface area contributed by atoms with Crippen molar-refractivity contribution in [2.24, 2.45) is 0 Å². The van der Waals surface area contributed by atoms with Gasteiger partial charge in [0.15, 0.2) is 0 Å². The maximum absolute atomic E-state index is 13.7. The Balaban J connectivity index is 1.44. The fourth-order valence-corrected chi connectivity index (χ4v) is 6.29. The van der Waals surface area contributed by atoms with Crippen LogP contribution < -0.4 is 5.32 Å². The van der Waals surface area contributed by atoms with Crippen LogP contribution >= 0.6 is 0 Å². The van der Waals surface area contributed by atoms with Gasteiger partial charge in [-0.2, -0.15) is 0 Å². The van der Waals surface area contributed by atoms with E-state index in [4.69, 9.17) is 0 Å². The van der Waals surface area contributed by atoms with Crippen LogP contribution in [0.5, 0.6) is 0 Å². The quantitative estimate of drug-likeness (QED) is 0.576. The van der Waals surface area contributed by atoms with Gasteiger partial charge in [-0.15, -0.1) is 0 Å². The first-order valence-electron chi connectivity index (χ1n) is 13.9. The zero-order chi connectivity index (χ0) is 25.1. The molecular formula is C29H45N3O3. The second kappa shape index (κ2) is 11.0. The average Bonchev–Trinajstić information content (AvgIpc) is 2.84. The Bertz CT molecular complexity index is 868. The van der Waals surface area contributed by atoms with Crippen LogP contribution in [-0.2, 0) is 16.1 Å². The van der Waals surface area contributed by atoms with Crippen molar-refractivity contribution in [3.8, 4) is 0 Å². The van der Waals surface area contributed by atoms with E-state index in [0.29, 0.717) is 31.7 Å². The van der Waals surface area contributed by atoms with E-state index in [2.05, 4.69) is 55.3 Å². The molecule has 0 unspecified atom stereocenters. The van der Waals surface area contributed by atoms with Crippen molar-refractivity contribution in [1.82, 2.24) is 15.1 Å². The summed E-state index contributed by atoms with van der Waals surface area (Å²) >= 11 is 0. The minimum Gasteiger partial charge on any atom is -0.390 e. The number of piperidine rings is 1. The molecule has 35 heavy (non-hydrogen) atoms. The molecule has 194 valence electrons. The molecule has 2 aliphatic heterocycles. The highest BCUT2D eigenvalue weighted by Crippen LogP contribution is 2.37. The number of carbonyl (C=O) groups is 2. The van der Waals surface area contributed by atoms with Crippen LogP contribution in [0.25, 0.3) is 0 Å². The summed E-state index contributed by atoms with van der Waals surface area (Å²) in [5.74, 6) is 0.520. The van der Waals surface area contributed by atoms with Gasteiger partial charge in [0.1, 0.15) is 11.6 Å². The normalized spacial score (nSPS) is 24.7. The van der Waals surface area contributed by atoms with Gasteiger partial charge in [-0.3, -0.25) is 14.5 Å². The fourth-order valence-electron chi connectivity index (χ4n) is 6.29. The van der Waals surface area contributed by atoms with Gasteiger partial charge in [-0.25, -0.2) is 0 Å². The lowest BCUT2D eigenvalue weighted by Crippen LogP contribution is -2.73. The van der Waals surface area contributed by atoms with Gasteiger partial charge in [0.2, 0.25) is 11.8 Å². The van der Waals surface area contributed by atoms with E-state index in [1.54, 1.807) is 0 Å². The van der Waals surface area contributed by atoms with E-state index in [0.717, 1.165) is 64.6 Å². The molecule has 1 aliphatic carbocycles. The molecule has 1 spiro atoms. The van der Waals surface area contributed by atoms with Gasteiger partial charge in [-0.1, -0.05) is 70.7 Å². The standard InChI is InChI=1S/C29H45N3O3/c1-4-5-17-32-26(33)25(20-28(35)13-7-6-8-14-28)30-27(34)29(32)15-18-31(19-16-29)21-23-9-11-24(12-10-23)22(2)3/h9-12,22,25,35H,4-8,13-21H2,1-3H3,(H,30,34)/t25-/m1/s1. The van der Waals surface area contributed by atoms with E-state index >= 15 is 0 Å². The highest BCUT2D eigenvalue weighted by Gasteiger charge is 2.54. The summed E-state index contributed by atoms with van der Waals surface area (Å²) in [5.41, 5.74) is 1.05. The van der Waals surface area contributed by atoms with Crippen LogP contribution in [0.3, 0.4) is 0 Å². The molecule has 6 heteroatoms. The van der Waals surface area contributed by atoms with Crippen molar-refractivity contribution >= 4 is 11.8 Å². The number of hydrogen-bond donors (Lipinski definition) is 2. The fraction of sp³-hybridized carbons (Fsp3) is 0.724. The van der Waals surface area contributed by atoms with Gasteiger partial charge in [0.05, 0.1) is 5.60 Å². The van der Waals surface area contributed by atoms with Crippen LogP contribution in [0.1, 0.15) is 102 Å². The number of nitrogens with zero attached hydrogens (tertiary/aromatic N) is 2. The molecule has 0 aromatic heterocycles. The first-order valence-corrected chi connectivity index (χ1v) is 13.9. The van der Waals surface area contributed by atoms with Gasteiger partial charge in [-0.05, 0) is 49.1 Å². The number of benzene rings is 1. The molecule has 0 radical (unpaired) electrons. The van der Waals surface area contributed by atoms with Crippen LogP contribution in [0, 0.1) is 0 Å². The largest absolute Gasteiger partial charge is 0.390 e. The predicted octanol–water partition coefficient (Wildman–Crippen LogP) is 4.36. The smallest absolute Gasteiger partial charge is 0.246 e. The van der Waals surface area contributed by atoms with Crippen molar-refractivity contribution in [2.75, 3.05) is 19.6 Å². The summed E-state index contributed by atoms with van der Waals surface area (Å²) in [6, 6.07) is 8.25. The lowest BCUT2D eigenvalue weighted by Gasteiger charge is -2.52. The third-order valence-electron chi connectivity index (χ3n) is 8.65. The average molecular weight is 484 g/mol. The van der Waals surface area contributed by atoms with Crippen LogP contribution in [0.15, 0.2) is 24.3 Å². The Kier molecular flexibility index (Phi) is 8.22. The molecular weight excluding hydrogens is 438 g/mol. The lowest BCUT2D eigenvalue weighted by atomic mass is 9.77. The topological polar surface area (TPSA) is 72.9 Å². The zero-order valence-electron chi connectivity index (χ0n) is 22.0. The number of unbranched alkanes of at least 4 members (excludes halogenated alkanes) is 1. The Morgan fingerprint density at radius 1 is 1.03 bits per heavy atom. The Morgan fingerprint density at radius 3 is 2.29 bits per heavy atom. The van der Waals surface area contributed by atoms with Crippen LogP contribution in [-0.4, -0.2) is 63.5 Å². The van der Waals surface area contributed by atoms with Crippen molar-refractivity contribution in [1.29, 1.82) is 0 Å². The molecule has 6 nitrogen and oxygen atoms in total. The molecule has 1 atom stereocenters. The number of piperazine rings is 1. The molecule has 1 aromatic rings. The minimum absolute atomic E-state index is 0.00905. The van der Waals surface area contributed by atoms with E-state index in [9.17, 15) is 14.7 Å². The van der Waals surface area contributed by atoms with Crippen LogP contribution in [0.4, 0.5) is 0 Å². The summed E-state index contributed by atoms with van der Waals surface area (Å²) in [6.45, 7) is 9.62. The van der Waals surface area contributed by atoms with E-state index < -0.39 is 17.2 Å².